The van der Waals surface area contributed by atoms with Crippen molar-refractivity contribution in [3.05, 3.63) is 58.7 Å². The Labute approximate surface area is 239 Å². The molecule has 0 fully saturated rings. The summed E-state index contributed by atoms with van der Waals surface area (Å²) in [6.45, 7) is 12.8. The van der Waals surface area contributed by atoms with Gasteiger partial charge in [-0.25, -0.2) is 4.79 Å². The number of hydrogen-bond donors (Lipinski definition) is 4. The van der Waals surface area contributed by atoms with Crippen LogP contribution >= 0.6 is 0 Å². The van der Waals surface area contributed by atoms with Crippen molar-refractivity contribution in [1.29, 1.82) is 0 Å². The normalized spacial score (nSPS) is 11.8. The summed E-state index contributed by atoms with van der Waals surface area (Å²) in [7, 11) is 0. The van der Waals surface area contributed by atoms with Crippen LogP contribution in [0, 0.1) is 0 Å². The molecule has 4 N–H and O–H groups in total. The van der Waals surface area contributed by atoms with Gasteiger partial charge in [0.25, 0.3) is 0 Å². The minimum absolute atomic E-state index is 0.200. The predicted molar refractivity (Wildman–Crippen MR) is 158 cm³/mol. The maximum absolute atomic E-state index is 11.8. The quantitative estimate of drug-likeness (QED) is 0.168. The number of phenols is 2. The molecular weight excluding hydrogens is 508 g/mol. The van der Waals surface area contributed by atoms with Crippen molar-refractivity contribution < 1.29 is 29.3 Å². The van der Waals surface area contributed by atoms with Crippen molar-refractivity contribution in [3.8, 4) is 11.5 Å². The average molecular weight is 557 g/mol. The zero-order chi connectivity index (χ0) is 29.8. The molecule has 0 bridgehead atoms. The zero-order valence-corrected chi connectivity index (χ0v) is 25.1. The molecule has 40 heavy (non-hydrogen) atoms. The molecule has 2 aromatic carbocycles. The topological polar surface area (TPSA) is 117 Å². The summed E-state index contributed by atoms with van der Waals surface area (Å²) in [5, 5.41) is 27.0. The molecule has 1 amide bonds. The average Bonchev–Trinajstić information content (AvgIpc) is 2.82. The first-order chi connectivity index (χ1) is 18.7. The first-order valence-corrected chi connectivity index (χ1v) is 14.2. The van der Waals surface area contributed by atoms with Gasteiger partial charge in [0.2, 0.25) is 0 Å². The van der Waals surface area contributed by atoms with Crippen LogP contribution in [0.3, 0.4) is 0 Å². The van der Waals surface area contributed by atoms with E-state index in [1.54, 1.807) is 6.07 Å². The Bertz CT molecular complexity index is 1010. The Morgan fingerprint density at radius 1 is 0.725 bits per heavy atom. The molecule has 2 aromatic rings. The van der Waals surface area contributed by atoms with Gasteiger partial charge in [-0.15, -0.1) is 0 Å². The third kappa shape index (κ3) is 13.7. The molecule has 0 heterocycles. The molecule has 0 aliphatic carbocycles. The number of alkyl carbamates (subject to hydrolysis) is 1. The first-order valence-electron chi connectivity index (χ1n) is 14.2. The van der Waals surface area contributed by atoms with Gasteiger partial charge in [0, 0.05) is 25.1 Å². The van der Waals surface area contributed by atoms with E-state index < -0.39 is 17.3 Å². The van der Waals surface area contributed by atoms with Gasteiger partial charge >= 0.3 is 12.1 Å². The third-order valence-electron chi connectivity index (χ3n) is 6.01. The second-order valence-corrected chi connectivity index (χ2v) is 12.2. The van der Waals surface area contributed by atoms with E-state index in [1.807, 2.05) is 71.9 Å². The van der Waals surface area contributed by atoms with Crippen LogP contribution in [0.15, 0.2) is 36.4 Å². The lowest BCUT2D eigenvalue weighted by Crippen LogP contribution is -2.33. The van der Waals surface area contributed by atoms with Crippen molar-refractivity contribution in [1.82, 2.24) is 10.6 Å². The molecule has 8 heteroatoms. The van der Waals surface area contributed by atoms with Gasteiger partial charge in [-0.05, 0) is 115 Å². The fourth-order valence-electron chi connectivity index (χ4n) is 4.10. The van der Waals surface area contributed by atoms with Crippen LogP contribution in [0.1, 0.15) is 89.5 Å². The molecule has 0 aliphatic heterocycles. The van der Waals surface area contributed by atoms with Gasteiger partial charge in [0.1, 0.15) is 22.7 Å². The fourth-order valence-corrected chi connectivity index (χ4v) is 4.10. The van der Waals surface area contributed by atoms with Gasteiger partial charge < -0.3 is 30.3 Å². The summed E-state index contributed by atoms with van der Waals surface area (Å²) in [5.74, 6) is 0.333. The highest BCUT2D eigenvalue weighted by molar-refractivity contribution is 5.69. The highest BCUT2D eigenvalue weighted by Crippen LogP contribution is 2.24. The smallest absolute Gasteiger partial charge is 0.407 e. The van der Waals surface area contributed by atoms with Crippen LogP contribution in [-0.2, 0) is 40.1 Å². The largest absolute Gasteiger partial charge is 0.508 e. The van der Waals surface area contributed by atoms with Crippen LogP contribution < -0.4 is 10.6 Å². The van der Waals surface area contributed by atoms with Crippen LogP contribution in [-0.4, -0.2) is 46.6 Å². The molecule has 0 spiro atoms. The third-order valence-corrected chi connectivity index (χ3v) is 6.01. The molecule has 0 unspecified atom stereocenters. The number of aromatic hydroxyl groups is 2. The van der Waals surface area contributed by atoms with E-state index in [9.17, 15) is 19.8 Å². The molecule has 2 rings (SSSR count). The highest BCUT2D eigenvalue weighted by atomic mass is 16.6. The molecular formula is C32H48N2O6. The van der Waals surface area contributed by atoms with E-state index in [-0.39, 0.29) is 17.5 Å². The Morgan fingerprint density at radius 2 is 1.30 bits per heavy atom. The van der Waals surface area contributed by atoms with Crippen LogP contribution in [0.5, 0.6) is 11.5 Å². The van der Waals surface area contributed by atoms with Crippen molar-refractivity contribution in [2.24, 2.45) is 0 Å². The van der Waals surface area contributed by atoms with Gasteiger partial charge in [-0.3, -0.25) is 4.79 Å². The first kappa shape index (κ1) is 32.9. The number of hydrogen-bond acceptors (Lipinski definition) is 7. The Kier molecular flexibility index (Phi) is 12.8. The summed E-state index contributed by atoms with van der Waals surface area (Å²) in [6, 6.07) is 11.5. The van der Waals surface area contributed by atoms with E-state index in [0.29, 0.717) is 32.5 Å². The van der Waals surface area contributed by atoms with E-state index in [4.69, 9.17) is 9.47 Å². The number of phenolic OH excluding ortho intramolecular Hbond substituents is 2. The number of aryl methyl sites for hydroxylation is 3. The molecule has 0 radical (unpaired) electrons. The molecule has 0 aliphatic rings. The van der Waals surface area contributed by atoms with E-state index >= 15 is 0 Å². The number of benzene rings is 2. The number of esters is 1. The molecule has 8 nitrogen and oxygen atoms in total. The predicted octanol–water partition coefficient (Wildman–Crippen LogP) is 5.94. The maximum Gasteiger partial charge on any atom is 0.407 e. The Balaban J connectivity index is 1.70. The molecule has 0 aromatic heterocycles. The van der Waals surface area contributed by atoms with E-state index in [0.717, 1.165) is 54.4 Å². The summed E-state index contributed by atoms with van der Waals surface area (Å²) in [5.41, 5.74) is 2.78. The van der Waals surface area contributed by atoms with Gasteiger partial charge in [0.05, 0.1) is 0 Å². The summed E-state index contributed by atoms with van der Waals surface area (Å²) in [4.78, 5) is 23.5. The van der Waals surface area contributed by atoms with Gasteiger partial charge in [-0.1, -0.05) is 24.3 Å². The lowest BCUT2D eigenvalue weighted by atomic mass is 9.99. The van der Waals surface area contributed by atoms with Gasteiger partial charge in [-0.2, -0.15) is 0 Å². The van der Waals surface area contributed by atoms with Crippen molar-refractivity contribution in [2.75, 3.05) is 13.1 Å². The minimum atomic E-state index is -0.509. The number of rotatable bonds is 14. The van der Waals surface area contributed by atoms with Crippen LogP contribution in [0.4, 0.5) is 4.79 Å². The summed E-state index contributed by atoms with van der Waals surface area (Å²) >= 11 is 0. The number of carbonyl (C=O) groups excluding carboxylic acids is 2. The summed E-state index contributed by atoms with van der Waals surface area (Å²) in [6.07, 6.45) is 4.47. The number of ether oxygens (including phenoxy) is 2. The van der Waals surface area contributed by atoms with Crippen LogP contribution in [0.2, 0.25) is 0 Å². The monoisotopic (exact) mass is 556 g/mol. The van der Waals surface area contributed by atoms with E-state index in [1.165, 1.54) is 0 Å². The maximum atomic E-state index is 11.8. The molecule has 0 atom stereocenters. The number of carbonyl (C=O) groups is 2. The Hall–Kier alpha value is -3.26. The second-order valence-electron chi connectivity index (χ2n) is 12.2. The SMILES string of the molecule is CC(C)(C)OC(=O)CCCNCc1ccc(CCc2ccc(CCCCNC(=O)OC(C)(C)C)c(O)c2)cc1O. The molecule has 0 saturated carbocycles. The molecule has 0 saturated heterocycles. The van der Waals surface area contributed by atoms with E-state index in [2.05, 4.69) is 10.6 Å². The number of unbranched alkanes of at least 4 members (excludes halogenated alkanes) is 1. The Morgan fingerprint density at radius 3 is 1.85 bits per heavy atom. The minimum Gasteiger partial charge on any atom is -0.508 e. The van der Waals surface area contributed by atoms with Gasteiger partial charge in [0.15, 0.2) is 0 Å². The number of amides is 1. The lowest BCUT2D eigenvalue weighted by molar-refractivity contribution is -0.154. The fraction of sp³-hybridized carbons (Fsp3) is 0.562. The molecule has 222 valence electrons. The second kappa shape index (κ2) is 15.5. The number of nitrogens with one attached hydrogen (secondary N) is 2. The van der Waals surface area contributed by atoms with Crippen LogP contribution in [0.25, 0.3) is 0 Å². The zero-order valence-electron chi connectivity index (χ0n) is 25.1. The van der Waals surface area contributed by atoms with Crippen molar-refractivity contribution in [2.45, 2.75) is 104 Å². The standard InChI is InChI=1S/C32H48N2O6/c1-31(2,3)39-29(37)11-9-18-33-22-26-17-15-24(21-28(26)36)13-12-23-14-16-25(27(35)20-23)10-7-8-19-34-30(38)40-32(4,5)6/h14-17,20-21,33,35-36H,7-13,18-19,22H2,1-6H3,(H,34,38). The highest BCUT2D eigenvalue weighted by Gasteiger charge is 2.16. The van der Waals surface area contributed by atoms with Crippen molar-refractivity contribution in [3.63, 3.8) is 0 Å². The lowest BCUT2D eigenvalue weighted by Gasteiger charge is -2.19. The van der Waals surface area contributed by atoms with Crippen molar-refractivity contribution >= 4 is 12.1 Å². The summed E-state index contributed by atoms with van der Waals surface area (Å²) < 4.78 is 10.5.